The van der Waals surface area contributed by atoms with E-state index in [0.717, 1.165) is 0 Å². The SMILES string of the molecule is O=C(Cn1cnc(-c2ccco2)cc1=O)Nc1cccnc1. The Hall–Kier alpha value is -3.22. The van der Waals surface area contributed by atoms with Gasteiger partial charge in [0.2, 0.25) is 5.91 Å². The molecule has 0 radical (unpaired) electrons. The molecule has 22 heavy (non-hydrogen) atoms. The molecule has 0 aliphatic carbocycles. The summed E-state index contributed by atoms with van der Waals surface area (Å²) in [6.45, 7) is -0.126. The smallest absolute Gasteiger partial charge is 0.254 e. The minimum absolute atomic E-state index is 0.126. The number of pyridine rings is 1. The van der Waals surface area contributed by atoms with Crippen molar-refractivity contribution < 1.29 is 9.21 Å². The second-order valence-electron chi connectivity index (χ2n) is 4.51. The Balaban J connectivity index is 1.73. The van der Waals surface area contributed by atoms with Crippen molar-refractivity contribution in [1.29, 1.82) is 0 Å². The highest BCUT2D eigenvalue weighted by molar-refractivity contribution is 5.90. The Kier molecular flexibility index (Phi) is 3.78. The normalized spacial score (nSPS) is 10.4. The number of amides is 1. The predicted octanol–water partition coefficient (Wildman–Crippen LogP) is 1.54. The van der Waals surface area contributed by atoms with E-state index < -0.39 is 0 Å². The Morgan fingerprint density at radius 3 is 2.91 bits per heavy atom. The highest BCUT2D eigenvalue weighted by Gasteiger charge is 2.08. The number of hydrogen-bond acceptors (Lipinski definition) is 5. The van der Waals surface area contributed by atoms with Crippen LogP contribution in [-0.2, 0) is 11.3 Å². The molecule has 1 N–H and O–H groups in total. The van der Waals surface area contributed by atoms with E-state index in [2.05, 4.69) is 15.3 Å². The molecule has 0 aliphatic rings. The van der Waals surface area contributed by atoms with Gasteiger partial charge in [0.1, 0.15) is 12.2 Å². The zero-order valence-corrected chi connectivity index (χ0v) is 11.5. The molecule has 7 nitrogen and oxygen atoms in total. The maximum atomic E-state index is 12.0. The average molecular weight is 296 g/mol. The number of rotatable bonds is 4. The lowest BCUT2D eigenvalue weighted by molar-refractivity contribution is -0.116. The highest BCUT2D eigenvalue weighted by Crippen LogP contribution is 2.14. The van der Waals surface area contributed by atoms with Crippen LogP contribution in [0.1, 0.15) is 0 Å². The number of carbonyl (C=O) groups is 1. The average Bonchev–Trinajstić information content (AvgIpc) is 3.04. The first kappa shape index (κ1) is 13.7. The maximum Gasteiger partial charge on any atom is 0.254 e. The first-order valence-electron chi connectivity index (χ1n) is 6.52. The molecule has 0 saturated carbocycles. The third-order valence-electron chi connectivity index (χ3n) is 2.91. The van der Waals surface area contributed by atoms with Crippen LogP contribution in [0, 0.1) is 0 Å². The Bertz CT molecular complexity index is 826. The van der Waals surface area contributed by atoms with E-state index in [1.54, 1.807) is 30.5 Å². The van der Waals surface area contributed by atoms with Crippen LogP contribution >= 0.6 is 0 Å². The Morgan fingerprint density at radius 1 is 1.32 bits per heavy atom. The van der Waals surface area contributed by atoms with Crippen LogP contribution in [-0.4, -0.2) is 20.4 Å². The van der Waals surface area contributed by atoms with E-state index in [1.807, 2.05) is 0 Å². The fraction of sp³-hybridized carbons (Fsp3) is 0.0667. The number of furan rings is 1. The number of nitrogens with one attached hydrogen (secondary N) is 1. The Labute approximate surface area is 125 Å². The molecule has 0 spiro atoms. The molecular weight excluding hydrogens is 284 g/mol. The maximum absolute atomic E-state index is 12.0. The lowest BCUT2D eigenvalue weighted by Crippen LogP contribution is -2.27. The van der Waals surface area contributed by atoms with Gasteiger partial charge in [-0.1, -0.05) is 0 Å². The molecule has 3 rings (SSSR count). The summed E-state index contributed by atoms with van der Waals surface area (Å²) < 4.78 is 6.40. The van der Waals surface area contributed by atoms with Crippen LogP contribution in [0.25, 0.3) is 11.5 Å². The van der Waals surface area contributed by atoms with Crippen LogP contribution in [0.3, 0.4) is 0 Å². The molecule has 0 aromatic carbocycles. The molecule has 0 aliphatic heterocycles. The van der Waals surface area contributed by atoms with Crippen LogP contribution in [0.2, 0.25) is 0 Å². The second-order valence-corrected chi connectivity index (χ2v) is 4.51. The fourth-order valence-corrected chi connectivity index (χ4v) is 1.90. The first-order valence-corrected chi connectivity index (χ1v) is 6.52. The topological polar surface area (TPSA) is 90.0 Å². The molecule has 110 valence electrons. The summed E-state index contributed by atoms with van der Waals surface area (Å²) in [5.41, 5.74) is 0.669. The summed E-state index contributed by atoms with van der Waals surface area (Å²) in [4.78, 5) is 31.9. The number of aromatic nitrogens is 3. The van der Waals surface area contributed by atoms with Gasteiger partial charge in [-0.2, -0.15) is 0 Å². The van der Waals surface area contributed by atoms with E-state index in [9.17, 15) is 9.59 Å². The lowest BCUT2D eigenvalue weighted by atomic mass is 10.3. The molecule has 3 aromatic heterocycles. The van der Waals surface area contributed by atoms with Crippen LogP contribution < -0.4 is 10.9 Å². The van der Waals surface area contributed by atoms with Crippen molar-refractivity contribution in [1.82, 2.24) is 14.5 Å². The largest absolute Gasteiger partial charge is 0.463 e. The highest BCUT2D eigenvalue weighted by atomic mass is 16.3. The van der Waals surface area contributed by atoms with Crippen molar-refractivity contribution >= 4 is 11.6 Å². The van der Waals surface area contributed by atoms with Gasteiger partial charge < -0.3 is 9.73 Å². The fourth-order valence-electron chi connectivity index (χ4n) is 1.90. The molecule has 0 atom stereocenters. The van der Waals surface area contributed by atoms with Crippen LogP contribution in [0.4, 0.5) is 5.69 Å². The molecule has 0 fully saturated rings. The van der Waals surface area contributed by atoms with Crippen LogP contribution in [0.15, 0.2) is 64.5 Å². The van der Waals surface area contributed by atoms with Crippen molar-refractivity contribution in [2.24, 2.45) is 0 Å². The summed E-state index contributed by atoms with van der Waals surface area (Å²) in [6, 6.07) is 8.18. The summed E-state index contributed by atoms with van der Waals surface area (Å²) in [6.07, 6.45) is 5.96. The van der Waals surface area contributed by atoms with Gasteiger partial charge in [-0.15, -0.1) is 0 Å². The molecule has 7 heteroatoms. The predicted molar refractivity (Wildman–Crippen MR) is 79.1 cm³/mol. The zero-order valence-electron chi connectivity index (χ0n) is 11.5. The van der Waals surface area contributed by atoms with Gasteiger partial charge in [-0.3, -0.25) is 19.1 Å². The van der Waals surface area contributed by atoms with Gasteiger partial charge in [0.25, 0.3) is 5.56 Å². The van der Waals surface area contributed by atoms with Gasteiger partial charge in [0.05, 0.1) is 24.5 Å². The molecule has 1 amide bonds. The third-order valence-corrected chi connectivity index (χ3v) is 2.91. The van der Waals surface area contributed by atoms with Crippen molar-refractivity contribution in [2.45, 2.75) is 6.54 Å². The first-order chi connectivity index (χ1) is 10.7. The van der Waals surface area contributed by atoms with Gasteiger partial charge in [0, 0.05) is 12.3 Å². The van der Waals surface area contributed by atoms with E-state index in [1.165, 1.54) is 29.4 Å². The Morgan fingerprint density at radius 2 is 2.23 bits per heavy atom. The van der Waals surface area contributed by atoms with E-state index >= 15 is 0 Å². The number of carbonyl (C=O) groups excluding carboxylic acids is 1. The number of anilines is 1. The second kappa shape index (κ2) is 6.04. The zero-order chi connectivity index (χ0) is 15.4. The molecule has 0 unspecified atom stereocenters. The summed E-state index contributed by atoms with van der Waals surface area (Å²) in [5, 5.41) is 2.65. The summed E-state index contributed by atoms with van der Waals surface area (Å²) >= 11 is 0. The van der Waals surface area contributed by atoms with E-state index in [4.69, 9.17) is 4.42 Å². The third kappa shape index (κ3) is 3.09. The molecule has 3 aromatic rings. The van der Waals surface area contributed by atoms with Gasteiger partial charge >= 0.3 is 0 Å². The van der Waals surface area contributed by atoms with Gasteiger partial charge in [-0.05, 0) is 24.3 Å². The molecular formula is C15H12N4O3. The monoisotopic (exact) mass is 296 g/mol. The van der Waals surface area contributed by atoms with E-state index in [-0.39, 0.29) is 18.0 Å². The number of nitrogens with zero attached hydrogens (tertiary/aromatic N) is 3. The molecule has 3 heterocycles. The summed E-state index contributed by atoms with van der Waals surface area (Å²) in [5.74, 6) is 0.173. The van der Waals surface area contributed by atoms with Crippen molar-refractivity contribution in [3.05, 3.63) is 65.7 Å². The minimum atomic E-state index is -0.331. The van der Waals surface area contributed by atoms with Crippen molar-refractivity contribution in [2.75, 3.05) is 5.32 Å². The minimum Gasteiger partial charge on any atom is -0.463 e. The standard InChI is InChI=1S/C15H12N4O3/c20-14(18-11-3-1-5-16-8-11)9-19-10-17-12(7-15(19)21)13-4-2-6-22-13/h1-8,10H,9H2,(H,18,20). The molecule has 0 bridgehead atoms. The lowest BCUT2D eigenvalue weighted by Gasteiger charge is -2.07. The van der Waals surface area contributed by atoms with Crippen molar-refractivity contribution in [3.63, 3.8) is 0 Å². The van der Waals surface area contributed by atoms with Gasteiger partial charge in [-0.25, -0.2) is 4.98 Å². The number of hydrogen-bond donors (Lipinski definition) is 1. The van der Waals surface area contributed by atoms with E-state index in [0.29, 0.717) is 17.1 Å². The van der Waals surface area contributed by atoms with Crippen molar-refractivity contribution in [3.8, 4) is 11.5 Å². The quantitative estimate of drug-likeness (QED) is 0.788. The molecule has 0 saturated heterocycles. The van der Waals surface area contributed by atoms with Crippen LogP contribution in [0.5, 0.6) is 0 Å². The summed E-state index contributed by atoms with van der Waals surface area (Å²) in [7, 11) is 0. The van der Waals surface area contributed by atoms with Gasteiger partial charge in [0.15, 0.2) is 5.76 Å².